The summed E-state index contributed by atoms with van der Waals surface area (Å²) in [6, 6.07) is 10.0. The number of carbonyl (C=O) groups excluding carboxylic acids is 1. The van der Waals surface area contributed by atoms with Crippen LogP contribution < -0.4 is 0 Å². The van der Waals surface area contributed by atoms with Crippen molar-refractivity contribution in [3.8, 4) is 0 Å². The number of aromatic nitrogens is 4. The van der Waals surface area contributed by atoms with Crippen LogP contribution in [0.3, 0.4) is 0 Å². The van der Waals surface area contributed by atoms with Gasteiger partial charge in [0.15, 0.2) is 0 Å². The molecule has 3 heterocycles. The zero-order chi connectivity index (χ0) is 17.9. The third-order valence-corrected chi connectivity index (χ3v) is 4.89. The molecule has 0 spiro atoms. The minimum atomic E-state index is 0.101. The van der Waals surface area contributed by atoms with E-state index in [1.54, 1.807) is 6.20 Å². The predicted octanol–water partition coefficient (Wildman–Crippen LogP) is 2.91. The fourth-order valence-corrected chi connectivity index (χ4v) is 3.50. The molecule has 0 bridgehead atoms. The van der Waals surface area contributed by atoms with Crippen molar-refractivity contribution in [2.75, 3.05) is 13.1 Å². The second kappa shape index (κ2) is 7.15. The number of nitrogens with zero attached hydrogens (tertiary/aromatic N) is 5. The molecule has 0 N–H and O–H groups in total. The van der Waals surface area contributed by atoms with Crippen molar-refractivity contribution in [1.82, 2.24) is 24.5 Å². The summed E-state index contributed by atoms with van der Waals surface area (Å²) < 4.78 is 3.88. The number of aryl methyl sites for hydroxylation is 1. The SMILES string of the molecule is Cc1cnn([C@@H]2CCCN(C(=O)c3ccc(Cn4cccn4)cc3)C2)c1. The molecular weight excluding hydrogens is 326 g/mol. The molecule has 134 valence electrons. The minimum Gasteiger partial charge on any atom is -0.337 e. The number of hydrogen-bond donors (Lipinski definition) is 0. The molecule has 1 aromatic carbocycles. The largest absolute Gasteiger partial charge is 0.337 e. The Hall–Kier alpha value is -2.89. The highest BCUT2D eigenvalue weighted by atomic mass is 16.2. The van der Waals surface area contributed by atoms with Gasteiger partial charge in [0.05, 0.1) is 18.8 Å². The summed E-state index contributed by atoms with van der Waals surface area (Å²) in [6.45, 7) is 4.28. The van der Waals surface area contributed by atoms with E-state index in [1.165, 1.54) is 0 Å². The van der Waals surface area contributed by atoms with E-state index < -0.39 is 0 Å². The van der Waals surface area contributed by atoms with Gasteiger partial charge < -0.3 is 4.90 Å². The summed E-state index contributed by atoms with van der Waals surface area (Å²) >= 11 is 0. The van der Waals surface area contributed by atoms with Gasteiger partial charge in [-0.3, -0.25) is 14.2 Å². The lowest BCUT2D eigenvalue weighted by Crippen LogP contribution is -2.40. The average Bonchev–Trinajstić information content (AvgIpc) is 3.34. The molecule has 1 aliphatic heterocycles. The molecule has 0 aliphatic carbocycles. The highest BCUT2D eigenvalue weighted by Gasteiger charge is 2.25. The highest BCUT2D eigenvalue weighted by molar-refractivity contribution is 5.94. The number of likely N-dealkylation sites (tertiary alicyclic amines) is 1. The Balaban J connectivity index is 1.43. The zero-order valence-corrected chi connectivity index (χ0v) is 15.0. The molecular formula is C20H23N5O. The van der Waals surface area contributed by atoms with Crippen molar-refractivity contribution in [3.63, 3.8) is 0 Å². The molecule has 1 aliphatic rings. The Morgan fingerprint density at radius 3 is 2.77 bits per heavy atom. The molecule has 2 aromatic heterocycles. The lowest BCUT2D eigenvalue weighted by molar-refractivity contribution is 0.0673. The summed E-state index contributed by atoms with van der Waals surface area (Å²) in [5.41, 5.74) is 3.03. The average molecular weight is 349 g/mol. The molecule has 6 nitrogen and oxygen atoms in total. The molecule has 0 radical (unpaired) electrons. The normalized spacial score (nSPS) is 17.4. The molecule has 3 aromatic rings. The Labute approximate surface area is 153 Å². The van der Waals surface area contributed by atoms with Crippen molar-refractivity contribution >= 4 is 5.91 Å². The van der Waals surface area contributed by atoms with Crippen molar-refractivity contribution in [1.29, 1.82) is 0 Å². The van der Waals surface area contributed by atoms with Crippen molar-refractivity contribution < 1.29 is 4.79 Å². The Bertz CT molecular complexity index is 866. The fourth-order valence-electron chi connectivity index (χ4n) is 3.50. The molecule has 1 amide bonds. The van der Waals surface area contributed by atoms with Crippen molar-refractivity contribution in [3.05, 3.63) is 71.8 Å². The van der Waals surface area contributed by atoms with Crippen molar-refractivity contribution in [2.24, 2.45) is 0 Å². The summed E-state index contributed by atoms with van der Waals surface area (Å²) in [5, 5.41) is 8.64. The van der Waals surface area contributed by atoms with E-state index in [9.17, 15) is 4.79 Å². The van der Waals surface area contributed by atoms with Gasteiger partial charge in [-0.05, 0) is 49.1 Å². The van der Waals surface area contributed by atoms with Crippen LogP contribution >= 0.6 is 0 Å². The molecule has 0 saturated carbocycles. The molecule has 1 atom stereocenters. The van der Waals surface area contributed by atoms with Crippen LogP contribution in [-0.2, 0) is 6.54 Å². The van der Waals surface area contributed by atoms with Gasteiger partial charge in [0.25, 0.3) is 5.91 Å². The molecule has 1 saturated heterocycles. The van der Waals surface area contributed by atoms with Gasteiger partial charge in [-0.2, -0.15) is 10.2 Å². The van der Waals surface area contributed by atoms with Gasteiger partial charge >= 0.3 is 0 Å². The number of carbonyl (C=O) groups is 1. The zero-order valence-electron chi connectivity index (χ0n) is 15.0. The van der Waals surface area contributed by atoms with Crippen LogP contribution in [0, 0.1) is 6.92 Å². The second-order valence-electron chi connectivity index (χ2n) is 6.95. The van der Waals surface area contributed by atoms with Gasteiger partial charge in [0.2, 0.25) is 0 Å². The highest BCUT2D eigenvalue weighted by Crippen LogP contribution is 2.23. The van der Waals surface area contributed by atoms with Crippen LogP contribution in [0.4, 0.5) is 0 Å². The lowest BCUT2D eigenvalue weighted by Gasteiger charge is -2.33. The maximum absolute atomic E-state index is 12.9. The molecule has 0 unspecified atom stereocenters. The van der Waals surface area contributed by atoms with Gasteiger partial charge in [-0.15, -0.1) is 0 Å². The number of piperidine rings is 1. The van der Waals surface area contributed by atoms with E-state index in [0.717, 1.165) is 42.6 Å². The first-order chi connectivity index (χ1) is 12.7. The van der Waals surface area contributed by atoms with Crippen LogP contribution in [0.5, 0.6) is 0 Å². The van der Waals surface area contributed by atoms with Crippen LogP contribution in [0.25, 0.3) is 0 Å². The van der Waals surface area contributed by atoms with E-state index in [-0.39, 0.29) is 11.9 Å². The summed E-state index contributed by atoms with van der Waals surface area (Å²) in [5.74, 6) is 0.101. The van der Waals surface area contributed by atoms with E-state index in [2.05, 4.69) is 16.4 Å². The smallest absolute Gasteiger partial charge is 0.253 e. The standard InChI is InChI=1S/C20H23N5O/c1-16-12-22-25(13-16)19-4-2-10-23(15-19)20(26)18-7-5-17(6-8-18)14-24-11-3-9-21-24/h3,5-9,11-13,19H,2,4,10,14-15H2,1H3/t19-/m1/s1. The van der Waals surface area contributed by atoms with Crippen LogP contribution in [0.2, 0.25) is 0 Å². The lowest BCUT2D eigenvalue weighted by atomic mass is 10.0. The second-order valence-corrected chi connectivity index (χ2v) is 6.95. The van der Waals surface area contributed by atoms with E-state index in [4.69, 9.17) is 0 Å². The topological polar surface area (TPSA) is 56.0 Å². The first kappa shape index (κ1) is 16.6. The van der Waals surface area contributed by atoms with Crippen molar-refractivity contribution in [2.45, 2.75) is 32.4 Å². The maximum atomic E-state index is 12.9. The van der Waals surface area contributed by atoms with Gasteiger partial charge in [0.1, 0.15) is 0 Å². The molecule has 6 heteroatoms. The Morgan fingerprint density at radius 1 is 1.23 bits per heavy atom. The predicted molar refractivity (Wildman–Crippen MR) is 98.9 cm³/mol. The number of benzene rings is 1. The third-order valence-electron chi connectivity index (χ3n) is 4.89. The molecule has 26 heavy (non-hydrogen) atoms. The Morgan fingerprint density at radius 2 is 2.08 bits per heavy atom. The monoisotopic (exact) mass is 349 g/mol. The molecule has 4 rings (SSSR count). The quantitative estimate of drug-likeness (QED) is 0.728. The van der Waals surface area contributed by atoms with Crippen LogP contribution in [0.1, 0.15) is 40.4 Å². The third kappa shape index (κ3) is 3.54. The summed E-state index contributed by atoms with van der Waals surface area (Å²) in [6.07, 6.45) is 9.71. The van der Waals surface area contributed by atoms with Crippen LogP contribution in [0.15, 0.2) is 55.1 Å². The van der Waals surface area contributed by atoms with Gasteiger partial charge in [-0.25, -0.2) is 0 Å². The summed E-state index contributed by atoms with van der Waals surface area (Å²) in [4.78, 5) is 14.8. The van der Waals surface area contributed by atoms with E-state index in [1.807, 2.05) is 63.9 Å². The first-order valence-corrected chi connectivity index (χ1v) is 9.05. The van der Waals surface area contributed by atoms with E-state index in [0.29, 0.717) is 6.54 Å². The van der Waals surface area contributed by atoms with E-state index >= 15 is 0 Å². The number of rotatable bonds is 4. The number of amides is 1. The maximum Gasteiger partial charge on any atom is 0.253 e. The van der Waals surface area contributed by atoms with Gasteiger partial charge in [0, 0.05) is 37.2 Å². The van der Waals surface area contributed by atoms with Gasteiger partial charge in [-0.1, -0.05) is 12.1 Å². The Kier molecular flexibility index (Phi) is 4.56. The minimum absolute atomic E-state index is 0.101. The van der Waals surface area contributed by atoms with Crippen LogP contribution in [-0.4, -0.2) is 43.5 Å². The first-order valence-electron chi connectivity index (χ1n) is 9.05. The number of hydrogen-bond acceptors (Lipinski definition) is 3. The molecule has 1 fully saturated rings. The summed E-state index contributed by atoms with van der Waals surface area (Å²) in [7, 11) is 0. The fraction of sp³-hybridized carbons (Fsp3) is 0.350.